The second kappa shape index (κ2) is 9.39. The summed E-state index contributed by atoms with van der Waals surface area (Å²) in [6.07, 6.45) is 1.34. The summed E-state index contributed by atoms with van der Waals surface area (Å²) >= 11 is 4.08. The first-order valence-electron chi connectivity index (χ1n) is 8.36. The van der Waals surface area contributed by atoms with Crippen molar-refractivity contribution < 1.29 is 14.7 Å². The van der Waals surface area contributed by atoms with Crippen molar-refractivity contribution >= 4 is 24.4 Å². The maximum absolute atomic E-state index is 13.1. The van der Waals surface area contributed by atoms with E-state index < -0.39 is 18.1 Å². The molecular weight excluding hydrogens is 334 g/mol. The number of Topliss-reactive ketones (excluding diaryl/α,β-unsaturated/α-hetero) is 1. The number of hydrogen-bond donors (Lipinski definition) is 3. The first-order valence-corrected chi connectivity index (χ1v) is 9.00. The lowest BCUT2D eigenvalue weighted by atomic mass is 9.92. The predicted octanol–water partition coefficient (Wildman–Crippen LogP) is 3.68. The van der Waals surface area contributed by atoms with Crippen molar-refractivity contribution in [3.63, 3.8) is 0 Å². The van der Waals surface area contributed by atoms with Crippen LogP contribution in [-0.2, 0) is 4.79 Å². The lowest BCUT2D eigenvalue weighted by Crippen LogP contribution is -2.48. The number of ketones is 1. The van der Waals surface area contributed by atoms with Crippen LogP contribution in [0.1, 0.15) is 30.1 Å². The fourth-order valence-electron chi connectivity index (χ4n) is 2.78. The average molecular weight is 357 g/mol. The lowest BCUT2D eigenvalue weighted by molar-refractivity contribution is -0.138. The molecule has 132 valence electrons. The number of hydrogen-bond acceptors (Lipinski definition) is 4. The molecule has 0 saturated carbocycles. The van der Waals surface area contributed by atoms with Gasteiger partial charge in [-0.3, -0.25) is 14.9 Å². The van der Waals surface area contributed by atoms with Gasteiger partial charge in [0.25, 0.3) is 0 Å². The van der Waals surface area contributed by atoms with Crippen LogP contribution in [0.15, 0.2) is 54.6 Å². The molecule has 0 bridgehead atoms. The van der Waals surface area contributed by atoms with Crippen molar-refractivity contribution in [2.24, 2.45) is 0 Å². The van der Waals surface area contributed by atoms with Crippen molar-refractivity contribution in [2.45, 2.75) is 31.8 Å². The van der Waals surface area contributed by atoms with Crippen LogP contribution in [0.25, 0.3) is 11.1 Å². The molecule has 0 amide bonds. The average Bonchev–Trinajstić information content (AvgIpc) is 2.65. The molecule has 2 unspecified atom stereocenters. The number of benzene rings is 2. The maximum Gasteiger partial charge on any atom is 0.321 e. The van der Waals surface area contributed by atoms with Gasteiger partial charge < -0.3 is 5.11 Å². The highest BCUT2D eigenvalue weighted by Gasteiger charge is 2.26. The number of carboxylic acid groups (broad SMARTS) is 1. The summed E-state index contributed by atoms with van der Waals surface area (Å²) < 4.78 is 0. The molecule has 0 radical (unpaired) electrons. The first-order chi connectivity index (χ1) is 12.1. The Labute approximate surface area is 153 Å². The van der Waals surface area contributed by atoms with E-state index in [0.29, 0.717) is 12.0 Å². The molecule has 0 fully saturated rings. The lowest BCUT2D eigenvalue weighted by Gasteiger charge is -2.22. The third-order valence-electron chi connectivity index (χ3n) is 4.05. The fraction of sp³-hybridized carbons (Fsp3) is 0.300. The summed E-state index contributed by atoms with van der Waals surface area (Å²) in [4.78, 5) is 24.4. The Morgan fingerprint density at radius 2 is 1.68 bits per heavy atom. The number of nitrogens with one attached hydrogen (secondary N) is 1. The van der Waals surface area contributed by atoms with Crippen molar-refractivity contribution in [2.75, 3.05) is 5.75 Å². The van der Waals surface area contributed by atoms with Gasteiger partial charge in [0.05, 0.1) is 6.04 Å². The Morgan fingerprint density at radius 1 is 1.04 bits per heavy atom. The summed E-state index contributed by atoms with van der Waals surface area (Å²) in [7, 11) is 0. The Morgan fingerprint density at radius 3 is 2.28 bits per heavy atom. The first kappa shape index (κ1) is 19.2. The third-order valence-corrected chi connectivity index (χ3v) is 4.42. The van der Waals surface area contributed by atoms with Gasteiger partial charge in [-0.1, -0.05) is 67.9 Å². The predicted molar refractivity (Wildman–Crippen MR) is 103 cm³/mol. The smallest absolute Gasteiger partial charge is 0.321 e. The number of thiol groups is 1. The van der Waals surface area contributed by atoms with E-state index >= 15 is 0 Å². The van der Waals surface area contributed by atoms with E-state index in [1.54, 1.807) is 6.07 Å². The zero-order valence-corrected chi connectivity index (χ0v) is 15.1. The topological polar surface area (TPSA) is 66.4 Å². The van der Waals surface area contributed by atoms with Crippen LogP contribution in [-0.4, -0.2) is 34.7 Å². The Balaban J connectivity index is 2.35. The monoisotopic (exact) mass is 357 g/mol. The standard InChI is InChI=1S/C20H23NO3S/c1-2-8-17(21-18(13-25)20(23)24)19(22)16-12-7-6-11-15(16)14-9-4-3-5-10-14/h3-7,9-12,17-18,21,25H,2,8,13H2,1H3,(H,23,24). The quantitative estimate of drug-likeness (QED) is 0.473. The number of aliphatic carboxylic acids is 1. The molecule has 2 rings (SSSR count). The highest BCUT2D eigenvalue weighted by Crippen LogP contribution is 2.25. The highest BCUT2D eigenvalue weighted by molar-refractivity contribution is 7.80. The molecule has 0 aliphatic rings. The molecule has 0 aliphatic heterocycles. The molecule has 2 aromatic carbocycles. The third kappa shape index (κ3) is 4.94. The van der Waals surface area contributed by atoms with Gasteiger partial charge in [0, 0.05) is 11.3 Å². The van der Waals surface area contributed by atoms with E-state index in [-0.39, 0.29) is 11.5 Å². The molecule has 0 aromatic heterocycles. The second-order valence-corrected chi connectivity index (χ2v) is 6.22. The van der Waals surface area contributed by atoms with Crippen molar-refractivity contribution in [1.29, 1.82) is 0 Å². The Hall–Kier alpha value is -2.11. The van der Waals surface area contributed by atoms with Gasteiger partial charge in [-0.2, -0.15) is 12.6 Å². The van der Waals surface area contributed by atoms with Gasteiger partial charge in [0.2, 0.25) is 0 Å². The molecule has 0 heterocycles. The van der Waals surface area contributed by atoms with Crippen LogP contribution in [0, 0.1) is 0 Å². The van der Waals surface area contributed by atoms with E-state index in [1.165, 1.54) is 0 Å². The zero-order chi connectivity index (χ0) is 18.2. The van der Waals surface area contributed by atoms with E-state index in [0.717, 1.165) is 17.5 Å². The van der Waals surface area contributed by atoms with E-state index in [9.17, 15) is 14.7 Å². The van der Waals surface area contributed by atoms with Crippen molar-refractivity contribution in [3.8, 4) is 11.1 Å². The fourth-order valence-corrected chi connectivity index (χ4v) is 3.04. The van der Waals surface area contributed by atoms with Crippen LogP contribution in [0.3, 0.4) is 0 Å². The number of carbonyl (C=O) groups excluding carboxylic acids is 1. The minimum Gasteiger partial charge on any atom is -0.480 e. The molecular formula is C20H23NO3S. The molecule has 2 N–H and O–H groups in total. The van der Waals surface area contributed by atoms with Gasteiger partial charge >= 0.3 is 5.97 Å². The largest absolute Gasteiger partial charge is 0.480 e. The molecule has 0 spiro atoms. The van der Waals surface area contributed by atoms with Crippen LogP contribution >= 0.6 is 12.6 Å². The van der Waals surface area contributed by atoms with Gasteiger partial charge in [0.1, 0.15) is 6.04 Å². The second-order valence-electron chi connectivity index (χ2n) is 5.86. The maximum atomic E-state index is 13.1. The Bertz CT molecular complexity index is 718. The molecule has 0 aliphatic carbocycles. The molecule has 25 heavy (non-hydrogen) atoms. The highest BCUT2D eigenvalue weighted by atomic mass is 32.1. The minimum absolute atomic E-state index is 0.0886. The molecule has 4 nitrogen and oxygen atoms in total. The molecule has 0 saturated heterocycles. The van der Waals surface area contributed by atoms with Crippen LogP contribution < -0.4 is 5.32 Å². The summed E-state index contributed by atoms with van der Waals surface area (Å²) in [5, 5.41) is 12.2. The Kier molecular flexibility index (Phi) is 7.22. The van der Waals surface area contributed by atoms with E-state index in [2.05, 4.69) is 17.9 Å². The summed E-state index contributed by atoms with van der Waals surface area (Å²) in [5.41, 5.74) is 2.42. The van der Waals surface area contributed by atoms with Gasteiger partial charge in [-0.15, -0.1) is 0 Å². The molecule has 2 atom stereocenters. The minimum atomic E-state index is -1.000. The summed E-state index contributed by atoms with van der Waals surface area (Å²) in [5.74, 6) is -0.960. The van der Waals surface area contributed by atoms with Crippen molar-refractivity contribution in [1.82, 2.24) is 5.32 Å². The van der Waals surface area contributed by atoms with E-state index in [4.69, 9.17) is 0 Å². The van der Waals surface area contributed by atoms with Gasteiger partial charge in [-0.05, 0) is 17.5 Å². The SMILES string of the molecule is CCCC(NC(CS)C(=O)O)C(=O)c1ccccc1-c1ccccc1. The molecule has 2 aromatic rings. The van der Waals surface area contributed by atoms with Gasteiger partial charge in [-0.25, -0.2) is 0 Å². The van der Waals surface area contributed by atoms with Crippen LogP contribution in [0.5, 0.6) is 0 Å². The zero-order valence-electron chi connectivity index (χ0n) is 14.2. The number of rotatable bonds is 9. The summed E-state index contributed by atoms with van der Waals surface area (Å²) in [6.45, 7) is 1.97. The summed E-state index contributed by atoms with van der Waals surface area (Å²) in [6, 6.07) is 15.7. The van der Waals surface area contributed by atoms with Crippen LogP contribution in [0.4, 0.5) is 0 Å². The number of carbonyl (C=O) groups is 2. The molecule has 5 heteroatoms. The van der Waals surface area contributed by atoms with Gasteiger partial charge in [0.15, 0.2) is 5.78 Å². The normalized spacial score (nSPS) is 13.2. The van der Waals surface area contributed by atoms with E-state index in [1.807, 2.05) is 55.5 Å². The van der Waals surface area contributed by atoms with Crippen molar-refractivity contribution in [3.05, 3.63) is 60.2 Å². The number of carboxylic acids is 1. The van der Waals surface area contributed by atoms with Crippen LogP contribution in [0.2, 0.25) is 0 Å².